The van der Waals surface area contributed by atoms with Crippen LogP contribution in [0.4, 0.5) is 5.82 Å². The van der Waals surface area contributed by atoms with Crippen LogP contribution in [0.3, 0.4) is 0 Å². The number of benzene rings is 2. The Morgan fingerprint density at radius 2 is 1.87 bits per heavy atom. The lowest BCUT2D eigenvalue weighted by molar-refractivity contribution is 0.305. The number of halogens is 1. The minimum atomic E-state index is -0.257. The third-order valence-electron chi connectivity index (χ3n) is 4.97. The number of nitrogens with zero attached hydrogens (tertiary/aromatic N) is 4. The van der Waals surface area contributed by atoms with Crippen molar-refractivity contribution in [1.29, 1.82) is 0 Å². The van der Waals surface area contributed by atoms with Gasteiger partial charge in [-0.3, -0.25) is 0 Å². The number of hydrogen-bond donors (Lipinski definition) is 1. The van der Waals surface area contributed by atoms with E-state index in [2.05, 4.69) is 30.7 Å². The van der Waals surface area contributed by atoms with Crippen LogP contribution in [0.25, 0.3) is 22.3 Å². The van der Waals surface area contributed by atoms with Gasteiger partial charge in [-0.25, -0.2) is 14.6 Å². The number of anilines is 1. The molecule has 7 heteroatoms. The number of nitrogens with two attached hydrogens (primary N) is 1. The molecule has 0 bridgehead atoms. The summed E-state index contributed by atoms with van der Waals surface area (Å²) in [5, 5.41) is 6.28. The van der Waals surface area contributed by atoms with Crippen molar-refractivity contribution in [2.24, 2.45) is 0 Å². The molecule has 0 amide bonds. The number of hydrogen-bond acceptors (Lipinski definition) is 5. The summed E-state index contributed by atoms with van der Waals surface area (Å²) in [6, 6.07) is 13.6. The number of nitrogen functional groups attached to an aromatic ring is 1. The molecule has 30 heavy (non-hydrogen) atoms. The van der Waals surface area contributed by atoms with Crippen molar-refractivity contribution in [3.8, 4) is 17.0 Å². The maximum Gasteiger partial charge on any atom is 0.164 e. The van der Waals surface area contributed by atoms with Crippen LogP contribution in [-0.4, -0.2) is 19.7 Å². The van der Waals surface area contributed by atoms with Crippen LogP contribution < -0.4 is 10.5 Å². The smallest absolute Gasteiger partial charge is 0.164 e. The highest BCUT2D eigenvalue weighted by atomic mass is 35.5. The van der Waals surface area contributed by atoms with Crippen molar-refractivity contribution in [2.75, 3.05) is 5.73 Å². The maximum absolute atomic E-state index is 6.33. The van der Waals surface area contributed by atoms with Crippen molar-refractivity contribution in [3.05, 3.63) is 64.9 Å². The van der Waals surface area contributed by atoms with Crippen LogP contribution in [0.2, 0.25) is 5.02 Å². The minimum Gasteiger partial charge on any atom is -0.489 e. The van der Waals surface area contributed by atoms with Gasteiger partial charge in [0.1, 0.15) is 30.2 Å². The van der Waals surface area contributed by atoms with Gasteiger partial charge in [-0.1, -0.05) is 35.9 Å². The second kappa shape index (κ2) is 7.61. The van der Waals surface area contributed by atoms with Gasteiger partial charge in [0.2, 0.25) is 0 Å². The lowest BCUT2D eigenvalue weighted by Gasteiger charge is -2.19. The lowest BCUT2D eigenvalue weighted by Crippen LogP contribution is -2.23. The molecular weight excluding hydrogens is 398 g/mol. The molecule has 0 radical (unpaired) electrons. The minimum absolute atomic E-state index is 0.257. The first-order chi connectivity index (χ1) is 14.3. The zero-order chi connectivity index (χ0) is 21.5. The largest absolute Gasteiger partial charge is 0.489 e. The van der Waals surface area contributed by atoms with Crippen molar-refractivity contribution in [2.45, 2.75) is 39.8 Å². The van der Waals surface area contributed by atoms with Gasteiger partial charge in [0.05, 0.1) is 10.9 Å². The Balaban J connectivity index is 1.74. The summed E-state index contributed by atoms with van der Waals surface area (Å²) in [6.45, 7) is 8.64. The van der Waals surface area contributed by atoms with Crippen LogP contribution in [0, 0.1) is 6.92 Å². The molecule has 2 aromatic carbocycles. The molecule has 154 valence electrons. The second-order valence-electron chi connectivity index (χ2n) is 8.24. The number of aromatic nitrogens is 4. The molecule has 0 fully saturated rings. The summed E-state index contributed by atoms with van der Waals surface area (Å²) < 4.78 is 7.94. The Hall–Kier alpha value is -3.12. The van der Waals surface area contributed by atoms with Gasteiger partial charge in [-0.2, -0.15) is 5.10 Å². The van der Waals surface area contributed by atoms with E-state index in [4.69, 9.17) is 27.2 Å². The average Bonchev–Trinajstić information content (AvgIpc) is 3.09. The lowest BCUT2D eigenvalue weighted by atomic mass is 10.1. The van der Waals surface area contributed by atoms with E-state index in [0.29, 0.717) is 23.1 Å². The Morgan fingerprint density at radius 1 is 1.10 bits per heavy atom. The summed E-state index contributed by atoms with van der Waals surface area (Å²) >= 11 is 6.33. The Bertz CT molecular complexity index is 1210. The van der Waals surface area contributed by atoms with E-state index in [1.54, 1.807) is 0 Å². The fourth-order valence-corrected chi connectivity index (χ4v) is 3.66. The molecular formula is C23H24ClN5O. The van der Waals surface area contributed by atoms with Gasteiger partial charge in [0, 0.05) is 16.1 Å². The first kappa shape index (κ1) is 20.2. The molecule has 0 aliphatic carbocycles. The molecule has 0 aliphatic rings. The summed E-state index contributed by atoms with van der Waals surface area (Å²) in [7, 11) is 0. The average molecular weight is 422 g/mol. The topological polar surface area (TPSA) is 78.8 Å². The number of fused-ring (bicyclic) bond motifs is 1. The van der Waals surface area contributed by atoms with Crippen LogP contribution in [0.5, 0.6) is 5.75 Å². The van der Waals surface area contributed by atoms with Crippen LogP contribution >= 0.6 is 11.6 Å². The molecule has 4 rings (SSSR count). The molecule has 0 saturated heterocycles. The molecule has 6 nitrogen and oxygen atoms in total. The van der Waals surface area contributed by atoms with Crippen molar-refractivity contribution < 1.29 is 4.74 Å². The van der Waals surface area contributed by atoms with Gasteiger partial charge in [0.25, 0.3) is 0 Å². The predicted octanol–water partition coefficient (Wildman–Crippen LogP) is 5.37. The van der Waals surface area contributed by atoms with Crippen LogP contribution in [-0.2, 0) is 12.1 Å². The molecule has 0 saturated carbocycles. The Labute approximate surface area is 180 Å². The summed E-state index contributed by atoms with van der Waals surface area (Å²) in [4.78, 5) is 8.61. The van der Waals surface area contributed by atoms with Crippen LogP contribution in [0.15, 0.2) is 48.8 Å². The maximum atomic E-state index is 6.33. The normalized spacial score (nSPS) is 11.8. The van der Waals surface area contributed by atoms with E-state index in [1.807, 2.05) is 54.1 Å². The fraction of sp³-hybridized carbons (Fsp3) is 0.261. The molecule has 4 aromatic rings. The van der Waals surface area contributed by atoms with Crippen molar-refractivity contribution in [3.63, 3.8) is 0 Å². The van der Waals surface area contributed by atoms with E-state index in [9.17, 15) is 0 Å². The van der Waals surface area contributed by atoms with E-state index < -0.39 is 0 Å². The molecule has 2 N–H and O–H groups in total. The summed E-state index contributed by atoms with van der Waals surface area (Å²) in [5.41, 5.74) is 10.4. The third kappa shape index (κ3) is 3.71. The SMILES string of the molecule is Cc1cccc(Cl)c1COc1cccc(-c2nn(C(C)(C)C)c3ncnc(N)c23)c1. The van der Waals surface area contributed by atoms with Gasteiger partial charge in [-0.05, 0) is 51.5 Å². The van der Waals surface area contributed by atoms with Gasteiger partial charge in [0.15, 0.2) is 5.65 Å². The number of aryl methyl sites for hydroxylation is 1. The highest BCUT2D eigenvalue weighted by Gasteiger charge is 2.24. The number of rotatable bonds is 4. The molecule has 0 atom stereocenters. The predicted molar refractivity (Wildman–Crippen MR) is 121 cm³/mol. The monoisotopic (exact) mass is 421 g/mol. The third-order valence-corrected chi connectivity index (χ3v) is 5.33. The van der Waals surface area contributed by atoms with E-state index in [1.165, 1.54) is 6.33 Å². The Morgan fingerprint density at radius 3 is 2.60 bits per heavy atom. The second-order valence-corrected chi connectivity index (χ2v) is 8.65. The van der Waals surface area contributed by atoms with Crippen molar-refractivity contribution >= 4 is 28.5 Å². The van der Waals surface area contributed by atoms with E-state index in [0.717, 1.165) is 33.5 Å². The Kier molecular flexibility index (Phi) is 5.12. The van der Waals surface area contributed by atoms with E-state index >= 15 is 0 Å². The van der Waals surface area contributed by atoms with Crippen LogP contribution in [0.1, 0.15) is 31.9 Å². The van der Waals surface area contributed by atoms with Gasteiger partial charge >= 0.3 is 0 Å². The highest BCUT2D eigenvalue weighted by Crippen LogP contribution is 2.34. The highest BCUT2D eigenvalue weighted by molar-refractivity contribution is 6.31. The fourth-order valence-electron chi connectivity index (χ4n) is 3.38. The molecule has 2 heterocycles. The molecule has 0 spiro atoms. The summed E-state index contributed by atoms with van der Waals surface area (Å²) in [6.07, 6.45) is 1.47. The zero-order valence-electron chi connectivity index (χ0n) is 17.5. The standard InChI is InChI=1S/C23H24ClN5O/c1-14-7-5-10-18(24)17(14)12-30-16-9-6-8-15(11-16)20-19-21(25)26-13-27-22(19)29(28-20)23(2,3)4/h5-11,13H,12H2,1-4H3,(H2,25,26,27). The first-order valence-corrected chi connectivity index (χ1v) is 10.1. The van der Waals surface area contributed by atoms with Gasteiger partial charge in [-0.15, -0.1) is 0 Å². The molecule has 2 aromatic heterocycles. The van der Waals surface area contributed by atoms with Crippen molar-refractivity contribution in [1.82, 2.24) is 19.7 Å². The quantitative estimate of drug-likeness (QED) is 0.479. The van der Waals surface area contributed by atoms with E-state index in [-0.39, 0.29) is 5.54 Å². The van der Waals surface area contributed by atoms with Gasteiger partial charge < -0.3 is 10.5 Å². The zero-order valence-corrected chi connectivity index (χ0v) is 18.2. The summed E-state index contributed by atoms with van der Waals surface area (Å²) in [5.74, 6) is 1.13. The molecule has 0 aliphatic heterocycles. The number of ether oxygens (including phenoxy) is 1. The molecule has 0 unspecified atom stereocenters. The first-order valence-electron chi connectivity index (χ1n) is 9.72.